The quantitative estimate of drug-likeness (QED) is 0.670. The van der Waals surface area contributed by atoms with Gasteiger partial charge in [-0.2, -0.15) is 0 Å². The van der Waals surface area contributed by atoms with Crippen molar-refractivity contribution in [2.45, 2.75) is 64.5 Å². The van der Waals surface area contributed by atoms with Crippen molar-refractivity contribution >= 4 is 5.91 Å². The molecule has 3 nitrogen and oxygen atoms in total. The molecule has 1 aliphatic carbocycles. The highest BCUT2D eigenvalue weighted by Crippen LogP contribution is 2.41. The van der Waals surface area contributed by atoms with Crippen molar-refractivity contribution in [1.82, 2.24) is 5.32 Å². The standard InChI is InChI=1S/C18H28FNO2/c1-5-7-9-16(19)14(4)18(10-8-11-18)20-17(22)13(3)12-15(21)6-2/h5,7,9,13,15,21H,4,6,8,10-12H2,1-3H3,(H,20,22)/b7-5-,16-9+/t13-,15-/m0/s1. The minimum Gasteiger partial charge on any atom is -0.393 e. The summed E-state index contributed by atoms with van der Waals surface area (Å²) in [4.78, 5) is 12.3. The average molecular weight is 309 g/mol. The zero-order chi connectivity index (χ0) is 16.8. The summed E-state index contributed by atoms with van der Waals surface area (Å²) in [6.45, 7) is 9.33. The molecule has 2 N–H and O–H groups in total. The maximum Gasteiger partial charge on any atom is 0.223 e. The Balaban J connectivity index is 2.74. The second-order valence-corrected chi connectivity index (χ2v) is 6.14. The van der Waals surface area contributed by atoms with Crippen LogP contribution in [0.1, 0.15) is 52.9 Å². The number of nitrogens with one attached hydrogen (secondary N) is 1. The first-order valence-electron chi connectivity index (χ1n) is 8.04. The monoisotopic (exact) mass is 309 g/mol. The predicted octanol–water partition coefficient (Wildman–Crippen LogP) is 3.81. The highest BCUT2D eigenvalue weighted by Gasteiger charge is 2.43. The smallest absolute Gasteiger partial charge is 0.223 e. The highest BCUT2D eigenvalue weighted by molar-refractivity contribution is 5.80. The summed E-state index contributed by atoms with van der Waals surface area (Å²) in [5.41, 5.74) is -0.321. The van der Waals surface area contributed by atoms with Gasteiger partial charge in [-0.1, -0.05) is 32.6 Å². The van der Waals surface area contributed by atoms with Gasteiger partial charge >= 0.3 is 0 Å². The van der Waals surface area contributed by atoms with E-state index in [2.05, 4.69) is 11.9 Å². The molecule has 1 aliphatic rings. The van der Waals surface area contributed by atoms with Gasteiger partial charge in [-0.25, -0.2) is 4.39 Å². The van der Waals surface area contributed by atoms with Crippen molar-refractivity contribution < 1.29 is 14.3 Å². The van der Waals surface area contributed by atoms with Gasteiger partial charge in [0.05, 0.1) is 11.6 Å². The lowest BCUT2D eigenvalue weighted by Crippen LogP contribution is -2.56. The van der Waals surface area contributed by atoms with Gasteiger partial charge in [0, 0.05) is 11.5 Å². The Bertz CT molecular complexity index is 464. The van der Waals surface area contributed by atoms with Crippen LogP contribution < -0.4 is 5.32 Å². The van der Waals surface area contributed by atoms with Gasteiger partial charge in [0.2, 0.25) is 5.91 Å². The first-order valence-corrected chi connectivity index (χ1v) is 8.04. The molecule has 0 bridgehead atoms. The number of hydrogen-bond acceptors (Lipinski definition) is 2. The Morgan fingerprint density at radius 2 is 2.14 bits per heavy atom. The van der Waals surface area contributed by atoms with E-state index in [-0.39, 0.29) is 17.7 Å². The van der Waals surface area contributed by atoms with E-state index in [1.165, 1.54) is 6.08 Å². The Labute approximate surface area is 133 Å². The molecule has 22 heavy (non-hydrogen) atoms. The normalized spacial score (nSPS) is 20.3. The number of allylic oxidation sites excluding steroid dienone is 3. The highest BCUT2D eigenvalue weighted by atomic mass is 19.1. The van der Waals surface area contributed by atoms with Gasteiger partial charge in [0.15, 0.2) is 0 Å². The van der Waals surface area contributed by atoms with Gasteiger partial charge in [0.1, 0.15) is 5.83 Å². The number of carbonyl (C=O) groups is 1. The van der Waals surface area contributed by atoms with E-state index < -0.39 is 11.6 Å². The number of carbonyl (C=O) groups excluding carboxylic acids is 1. The molecule has 0 aromatic carbocycles. The third kappa shape index (κ3) is 4.54. The van der Waals surface area contributed by atoms with Gasteiger partial charge in [-0.3, -0.25) is 4.79 Å². The molecule has 1 fully saturated rings. The maximum absolute atomic E-state index is 14.1. The molecule has 0 radical (unpaired) electrons. The second-order valence-electron chi connectivity index (χ2n) is 6.14. The number of aliphatic hydroxyl groups excluding tert-OH is 1. The molecule has 0 unspecified atom stereocenters. The molecule has 1 amide bonds. The Morgan fingerprint density at radius 3 is 2.59 bits per heavy atom. The summed E-state index contributed by atoms with van der Waals surface area (Å²) in [6.07, 6.45) is 7.66. The molecule has 4 heteroatoms. The van der Waals surface area contributed by atoms with Crippen molar-refractivity contribution in [2.75, 3.05) is 0 Å². The lowest BCUT2D eigenvalue weighted by molar-refractivity contribution is -0.128. The molecule has 124 valence electrons. The topological polar surface area (TPSA) is 49.3 Å². The van der Waals surface area contributed by atoms with Gasteiger partial charge in [0.25, 0.3) is 0 Å². The Morgan fingerprint density at radius 1 is 1.50 bits per heavy atom. The number of rotatable bonds is 8. The number of amides is 1. The molecule has 0 aliphatic heterocycles. The van der Waals surface area contributed by atoms with Crippen LogP contribution in [0.5, 0.6) is 0 Å². The van der Waals surface area contributed by atoms with E-state index in [1.54, 1.807) is 19.1 Å². The van der Waals surface area contributed by atoms with Crippen molar-refractivity contribution in [3.8, 4) is 0 Å². The second kappa shape index (κ2) is 8.28. The van der Waals surface area contributed by atoms with E-state index in [1.807, 2.05) is 13.8 Å². The van der Waals surface area contributed by atoms with E-state index in [9.17, 15) is 14.3 Å². The minimum absolute atomic E-state index is 0.146. The SMILES string of the molecule is C=C(/C(F)=C\C=C/C)C1(NC(=O)[C@@H](C)C[C@@H](O)CC)CCC1. The van der Waals surface area contributed by atoms with E-state index >= 15 is 0 Å². The average Bonchev–Trinajstić information content (AvgIpc) is 2.47. The summed E-state index contributed by atoms with van der Waals surface area (Å²) in [5.74, 6) is -0.839. The van der Waals surface area contributed by atoms with Gasteiger partial charge in [-0.15, -0.1) is 0 Å². The fraction of sp³-hybridized carbons (Fsp3) is 0.611. The van der Waals surface area contributed by atoms with Gasteiger partial charge < -0.3 is 10.4 Å². The lowest BCUT2D eigenvalue weighted by atomic mass is 9.71. The molecule has 1 rings (SSSR count). The Kier molecular flexibility index (Phi) is 7.01. The molecule has 0 aromatic rings. The predicted molar refractivity (Wildman–Crippen MR) is 87.9 cm³/mol. The molecule has 0 heterocycles. The van der Waals surface area contributed by atoms with E-state index in [4.69, 9.17) is 0 Å². The van der Waals surface area contributed by atoms with Crippen LogP contribution >= 0.6 is 0 Å². The van der Waals surface area contributed by atoms with Crippen LogP contribution in [0.2, 0.25) is 0 Å². The van der Waals surface area contributed by atoms with Gasteiger partial charge in [-0.05, 0) is 45.1 Å². The molecular weight excluding hydrogens is 281 g/mol. The first-order chi connectivity index (χ1) is 10.4. The van der Waals surface area contributed by atoms with Crippen LogP contribution in [-0.4, -0.2) is 22.7 Å². The molecule has 0 aromatic heterocycles. The summed E-state index contributed by atoms with van der Waals surface area (Å²) >= 11 is 0. The van der Waals surface area contributed by atoms with Crippen LogP contribution in [0.3, 0.4) is 0 Å². The van der Waals surface area contributed by atoms with Crippen molar-refractivity contribution in [2.24, 2.45) is 5.92 Å². The van der Waals surface area contributed by atoms with Crippen LogP contribution in [0.15, 0.2) is 36.2 Å². The zero-order valence-corrected chi connectivity index (χ0v) is 13.9. The fourth-order valence-electron chi connectivity index (χ4n) is 2.58. The van der Waals surface area contributed by atoms with Crippen molar-refractivity contribution in [1.29, 1.82) is 0 Å². The zero-order valence-electron chi connectivity index (χ0n) is 13.9. The third-order valence-electron chi connectivity index (χ3n) is 4.42. The maximum atomic E-state index is 14.1. The van der Waals surface area contributed by atoms with Crippen LogP contribution in [0.25, 0.3) is 0 Å². The molecular formula is C18H28FNO2. The number of hydrogen-bond donors (Lipinski definition) is 2. The molecule has 0 spiro atoms. The van der Waals surface area contributed by atoms with Crippen LogP contribution in [0.4, 0.5) is 4.39 Å². The van der Waals surface area contributed by atoms with Crippen LogP contribution in [-0.2, 0) is 4.79 Å². The minimum atomic E-state index is -0.662. The first kappa shape index (κ1) is 18.6. The summed E-state index contributed by atoms with van der Waals surface area (Å²) in [7, 11) is 0. The third-order valence-corrected chi connectivity index (χ3v) is 4.42. The molecule has 1 saturated carbocycles. The largest absolute Gasteiger partial charge is 0.393 e. The van der Waals surface area contributed by atoms with Crippen molar-refractivity contribution in [3.05, 3.63) is 36.2 Å². The fourth-order valence-corrected chi connectivity index (χ4v) is 2.58. The number of halogens is 1. The summed E-state index contributed by atoms with van der Waals surface area (Å²) in [6, 6.07) is 0. The summed E-state index contributed by atoms with van der Waals surface area (Å²) < 4.78 is 14.1. The van der Waals surface area contributed by atoms with E-state index in [0.29, 0.717) is 31.3 Å². The lowest BCUT2D eigenvalue weighted by Gasteiger charge is -2.44. The molecule has 0 saturated heterocycles. The summed E-state index contributed by atoms with van der Waals surface area (Å²) in [5, 5.41) is 12.6. The Hall–Kier alpha value is -1.42. The molecule has 2 atom stereocenters. The van der Waals surface area contributed by atoms with E-state index in [0.717, 1.165) is 6.42 Å². The van der Waals surface area contributed by atoms with Crippen molar-refractivity contribution in [3.63, 3.8) is 0 Å². The van der Waals surface area contributed by atoms with Crippen LogP contribution in [0, 0.1) is 5.92 Å². The number of aliphatic hydroxyl groups is 1.